The summed E-state index contributed by atoms with van der Waals surface area (Å²) in [5.74, 6) is 0.852. The Morgan fingerprint density at radius 2 is 2.09 bits per heavy atom. The molecule has 1 heterocycles. The average Bonchev–Trinajstić information content (AvgIpc) is 2.61. The average molecular weight is 157 g/mol. The highest BCUT2D eigenvalue weighted by molar-refractivity contribution is 5.59. The molecule has 11 heavy (non-hydrogen) atoms. The molecule has 1 N–H and O–H groups in total. The molecule has 3 nitrogen and oxygen atoms in total. The second kappa shape index (κ2) is 3.83. The molecular formula is C8H15NO2. The van der Waals surface area contributed by atoms with Crippen LogP contribution < -0.4 is 5.32 Å². The van der Waals surface area contributed by atoms with Gasteiger partial charge < -0.3 is 14.8 Å². The van der Waals surface area contributed by atoms with Gasteiger partial charge in [0.05, 0.1) is 6.04 Å². The lowest BCUT2D eigenvalue weighted by atomic mass is 10.2. The lowest BCUT2D eigenvalue weighted by Crippen LogP contribution is -2.26. The van der Waals surface area contributed by atoms with Crippen molar-refractivity contribution in [2.45, 2.75) is 24.9 Å². The van der Waals surface area contributed by atoms with Gasteiger partial charge in [0.25, 0.3) is 0 Å². The summed E-state index contributed by atoms with van der Waals surface area (Å²) in [4.78, 5) is 10.1. The zero-order valence-corrected chi connectivity index (χ0v) is 7.04. The van der Waals surface area contributed by atoms with E-state index in [1.807, 2.05) is 0 Å². The number of fused-ring (bicyclic) bond motifs is 1. The molecule has 0 aromatic heterocycles. The lowest BCUT2D eigenvalue weighted by molar-refractivity contribution is -0.109. The number of piperidine rings is 1. The third kappa shape index (κ3) is 2.27. The fourth-order valence-electron chi connectivity index (χ4n) is 1.48. The van der Waals surface area contributed by atoms with Gasteiger partial charge in [0.2, 0.25) is 0 Å². The first-order valence-electron chi connectivity index (χ1n) is 3.93. The number of hydrogen-bond acceptors (Lipinski definition) is 3. The van der Waals surface area contributed by atoms with Crippen molar-refractivity contribution in [3.8, 4) is 0 Å². The SMILES string of the molecule is COC.O=CC1CC2CC2N1. The Labute approximate surface area is 67.1 Å². The van der Waals surface area contributed by atoms with Crippen LogP contribution in [-0.4, -0.2) is 32.6 Å². The zero-order valence-electron chi connectivity index (χ0n) is 7.04. The summed E-state index contributed by atoms with van der Waals surface area (Å²) in [6.07, 6.45) is 3.42. The van der Waals surface area contributed by atoms with E-state index in [1.165, 1.54) is 6.42 Å². The van der Waals surface area contributed by atoms with E-state index in [0.29, 0.717) is 6.04 Å². The number of nitrogens with one attached hydrogen (secondary N) is 1. The maximum atomic E-state index is 10.1. The highest BCUT2D eigenvalue weighted by atomic mass is 16.4. The molecule has 0 radical (unpaired) electrons. The molecule has 0 aromatic carbocycles. The van der Waals surface area contributed by atoms with E-state index in [0.717, 1.165) is 18.6 Å². The van der Waals surface area contributed by atoms with Gasteiger partial charge in [-0.05, 0) is 18.8 Å². The minimum atomic E-state index is 0.193. The van der Waals surface area contributed by atoms with E-state index >= 15 is 0 Å². The van der Waals surface area contributed by atoms with Gasteiger partial charge in [-0.1, -0.05) is 0 Å². The van der Waals surface area contributed by atoms with E-state index in [2.05, 4.69) is 10.1 Å². The van der Waals surface area contributed by atoms with E-state index < -0.39 is 0 Å². The van der Waals surface area contributed by atoms with Crippen LogP contribution in [-0.2, 0) is 9.53 Å². The molecule has 0 bridgehead atoms. The molecule has 1 aliphatic carbocycles. The molecule has 1 saturated heterocycles. The number of hydrogen-bond donors (Lipinski definition) is 1. The standard InChI is InChI=1S/C6H9NO.C2H6O/c8-3-5-1-4-2-6(4)7-5;1-3-2/h3-7H,1-2H2;1-2H3. The normalized spacial score (nSPS) is 38.5. The van der Waals surface area contributed by atoms with Crippen LogP contribution in [0.3, 0.4) is 0 Å². The van der Waals surface area contributed by atoms with Crippen LogP contribution in [0.2, 0.25) is 0 Å². The summed E-state index contributed by atoms with van der Waals surface area (Å²) in [6.45, 7) is 0. The van der Waals surface area contributed by atoms with E-state index in [-0.39, 0.29) is 6.04 Å². The molecule has 64 valence electrons. The summed E-state index contributed by atoms with van der Waals surface area (Å²) in [5, 5.41) is 3.21. The summed E-state index contributed by atoms with van der Waals surface area (Å²) in [7, 11) is 3.25. The number of aldehydes is 1. The molecular weight excluding hydrogens is 142 g/mol. The fourth-order valence-corrected chi connectivity index (χ4v) is 1.48. The molecule has 0 aromatic rings. The third-order valence-corrected chi connectivity index (χ3v) is 2.07. The zero-order chi connectivity index (χ0) is 8.27. The van der Waals surface area contributed by atoms with Crippen molar-refractivity contribution in [1.82, 2.24) is 5.32 Å². The van der Waals surface area contributed by atoms with Gasteiger partial charge in [0, 0.05) is 20.3 Å². The predicted octanol–water partition coefficient (Wildman–Crippen LogP) is 0.198. The van der Waals surface area contributed by atoms with Crippen molar-refractivity contribution in [2.75, 3.05) is 14.2 Å². The van der Waals surface area contributed by atoms with Crippen molar-refractivity contribution in [1.29, 1.82) is 0 Å². The van der Waals surface area contributed by atoms with E-state index in [9.17, 15) is 4.79 Å². The molecule has 0 amide bonds. The molecule has 2 fully saturated rings. The maximum absolute atomic E-state index is 10.1. The van der Waals surface area contributed by atoms with Crippen LogP contribution in [0.4, 0.5) is 0 Å². The molecule has 2 aliphatic rings. The van der Waals surface area contributed by atoms with Gasteiger partial charge in [0.1, 0.15) is 6.29 Å². The monoisotopic (exact) mass is 157 g/mol. The van der Waals surface area contributed by atoms with Crippen molar-refractivity contribution in [3.63, 3.8) is 0 Å². The number of rotatable bonds is 1. The Hall–Kier alpha value is -0.410. The molecule has 3 unspecified atom stereocenters. The Balaban J connectivity index is 0.000000179. The first-order chi connectivity index (χ1) is 5.31. The highest BCUT2D eigenvalue weighted by Gasteiger charge is 2.45. The van der Waals surface area contributed by atoms with Crippen LogP contribution in [0, 0.1) is 5.92 Å². The summed E-state index contributed by atoms with van der Waals surface area (Å²) in [6, 6.07) is 0.906. The van der Waals surface area contributed by atoms with Crippen molar-refractivity contribution in [3.05, 3.63) is 0 Å². The Bertz CT molecular complexity index is 128. The number of carbonyl (C=O) groups is 1. The Kier molecular flexibility index (Phi) is 3.02. The fraction of sp³-hybridized carbons (Fsp3) is 0.875. The lowest BCUT2D eigenvalue weighted by Gasteiger charge is -2.00. The van der Waals surface area contributed by atoms with Gasteiger partial charge in [0.15, 0.2) is 0 Å². The quantitative estimate of drug-likeness (QED) is 0.552. The summed E-state index contributed by atoms with van der Waals surface area (Å²) < 4.78 is 4.25. The first kappa shape index (κ1) is 8.68. The molecule has 0 spiro atoms. The largest absolute Gasteiger partial charge is 0.388 e. The van der Waals surface area contributed by atoms with E-state index in [1.54, 1.807) is 14.2 Å². The predicted molar refractivity (Wildman–Crippen MR) is 42.4 cm³/mol. The highest BCUT2D eigenvalue weighted by Crippen LogP contribution is 2.39. The van der Waals surface area contributed by atoms with Gasteiger partial charge >= 0.3 is 0 Å². The minimum absolute atomic E-state index is 0.193. The van der Waals surface area contributed by atoms with Gasteiger partial charge in [-0.15, -0.1) is 0 Å². The smallest absolute Gasteiger partial charge is 0.136 e. The second-order valence-electron chi connectivity index (χ2n) is 3.16. The van der Waals surface area contributed by atoms with Crippen molar-refractivity contribution >= 4 is 6.29 Å². The van der Waals surface area contributed by atoms with Crippen LogP contribution >= 0.6 is 0 Å². The summed E-state index contributed by atoms with van der Waals surface area (Å²) >= 11 is 0. The first-order valence-corrected chi connectivity index (χ1v) is 3.93. The van der Waals surface area contributed by atoms with Gasteiger partial charge in [-0.2, -0.15) is 0 Å². The maximum Gasteiger partial charge on any atom is 0.136 e. The second-order valence-corrected chi connectivity index (χ2v) is 3.16. The van der Waals surface area contributed by atoms with Crippen molar-refractivity contribution in [2.24, 2.45) is 5.92 Å². The number of methoxy groups -OCH3 is 1. The topological polar surface area (TPSA) is 38.3 Å². The van der Waals surface area contributed by atoms with Crippen molar-refractivity contribution < 1.29 is 9.53 Å². The van der Waals surface area contributed by atoms with Crippen LogP contribution in [0.1, 0.15) is 12.8 Å². The Morgan fingerprint density at radius 3 is 2.36 bits per heavy atom. The van der Waals surface area contributed by atoms with Crippen LogP contribution in [0.15, 0.2) is 0 Å². The molecule has 1 saturated carbocycles. The van der Waals surface area contributed by atoms with Crippen LogP contribution in [0.25, 0.3) is 0 Å². The Morgan fingerprint density at radius 1 is 1.45 bits per heavy atom. The number of ether oxygens (including phenoxy) is 1. The summed E-state index contributed by atoms with van der Waals surface area (Å²) in [5.41, 5.74) is 0. The number of carbonyl (C=O) groups excluding carboxylic acids is 1. The van der Waals surface area contributed by atoms with E-state index in [4.69, 9.17) is 0 Å². The minimum Gasteiger partial charge on any atom is -0.388 e. The van der Waals surface area contributed by atoms with Gasteiger partial charge in [-0.25, -0.2) is 0 Å². The molecule has 3 heteroatoms. The molecule has 1 aliphatic heterocycles. The molecule has 3 atom stereocenters. The van der Waals surface area contributed by atoms with Crippen LogP contribution in [0.5, 0.6) is 0 Å². The van der Waals surface area contributed by atoms with Gasteiger partial charge in [-0.3, -0.25) is 0 Å². The molecule has 2 rings (SSSR count). The third-order valence-electron chi connectivity index (χ3n) is 2.07.